The van der Waals surface area contributed by atoms with Crippen LogP contribution in [0.15, 0.2) is 52.9 Å². The van der Waals surface area contributed by atoms with Gasteiger partial charge in [-0.05, 0) is 42.0 Å². The first-order valence-electron chi connectivity index (χ1n) is 7.47. The third-order valence-electron chi connectivity index (χ3n) is 3.53. The maximum absolute atomic E-state index is 12.2. The van der Waals surface area contributed by atoms with Crippen LogP contribution in [-0.2, 0) is 6.54 Å². The number of rotatable bonds is 5. The van der Waals surface area contributed by atoms with Gasteiger partial charge in [-0.25, -0.2) is 0 Å². The molecule has 0 atom stereocenters. The number of benzene rings is 2. The molecule has 0 saturated carbocycles. The Kier molecular flexibility index (Phi) is 4.56. The summed E-state index contributed by atoms with van der Waals surface area (Å²) in [5.74, 6) is 1.60. The van der Waals surface area contributed by atoms with E-state index in [9.17, 15) is 4.79 Å². The fourth-order valence-corrected chi connectivity index (χ4v) is 2.21. The van der Waals surface area contributed by atoms with Gasteiger partial charge in [0.15, 0.2) is 0 Å². The van der Waals surface area contributed by atoms with E-state index in [2.05, 4.69) is 15.5 Å². The summed E-state index contributed by atoms with van der Waals surface area (Å²) in [6.07, 6.45) is 0. The van der Waals surface area contributed by atoms with Crippen LogP contribution in [0, 0.1) is 6.92 Å². The minimum atomic E-state index is -0.140. The van der Waals surface area contributed by atoms with E-state index >= 15 is 0 Å². The van der Waals surface area contributed by atoms with Crippen LogP contribution in [-0.4, -0.2) is 23.2 Å². The molecule has 1 heterocycles. The van der Waals surface area contributed by atoms with Crippen LogP contribution in [0.3, 0.4) is 0 Å². The number of hydrogen-bond acceptors (Lipinski definition) is 5. The molecule has 6 heteroatoms. The van der Waals surface area contributed by atoms with Gasteiger partial charge in [-0.1, -0.05) is 12.1 Å². The summed E-state index contributed by atoms with van der Waals surface area (Å²) < 4.78 is 10.5. The molecule has 0 aliphatic rings. The fraction of sp³-hybridized carbons (Fsp3) is 0.167. The summed E-state index contributed by atoms with van der Waals surface area (Å²) in [4.78, 5) is 12.2. The molecule has 0 radical (unpaired) electrons. The Bertz CT molecular complexity index is 823. The maximum atomic E-state index is 12.2. The van der Waals surface area contributed by atoms with E-state index in [1.807, 2.05) is 24.3 Å². The number of methoxy groups -OCH3 is 1. The lowest BCUT2D eigenvalue weighted by molar-refractivity contribution is 0.0951. The highest BCUT2D eigenvalue weighted by Gasteiger charge is 2.09. The van der Waals surface area contributed by atoms with Crippen LogP contribution >= 0.6 is 0 Å². The zero-order valence-electron chi connectivity index (χ0n) is 13.4. The normalized spacial score (nSPS) is 10.4. The fourth-order valence-electron chi connectivity index (χ4n) is 2.21. The lowest BCUT2D eigenvalue weighted by Gasteiger charge is -2.07. The predicted molar refractivity (Wildman–Crippen MR) is 88.6 cm³/mol. The van der Waals surface area contributed by atoms with E-state index in [0.29, 0.717) is 23.9 Å². The topological polar surface area (TPSA) is 77.2 Å². The Morgan fingerprint density at radius 2 is 1.79 bits per heavy atom. The van der Waals surface area contributed by atoms with Gasteiger partial charge in [0.1, 0.15) is 5.75 Å². The molecular formula is C18H17N3O3. The van der Waals surface area contributed by atoms with Crippen molar-refractivity contribution >= 4 is 5.91 Å². The van der Waals surface area contributed by atoms with E-state index in [0.717, 1.165) is 16.9 Å². The number of aryl methyl sites for hydroxylation is 1. The van der Waals surface area contributed by atoms with Gasteiger partial charge in [0.25, 0.3) is 5.91 Å². The molecule has 3 rings (SSSR count). The molecular weight excluding hydrogens is 306 g/mol. The highest BCUT2D eigenvalue weighted by molar-refractivity contribution is 5.94. The van der Waals surface area contributed by atoms with Crippen molar-refractivity contribution in [2.45, 2.75) is 13.5 Å². The van der Waals surface area contributed by atoms with Crippen LogP contribution in [0.4, 0.5) is 0 Å². The van der Waals surface area contributed by atoms with Gasteiger partial charge in [0.2, 0.25) is 11.8 Å². The second-order valence-corrected chi connectivity index (χ2v) is 5.23. The van der Waals surface area contributed by atoms with Crippen LogP contribution < -0.4 is 10.1 Å². The average Bonchev–Trinajstić information content (AvgIpc) is 3.06. The number of carbonyl (C=O) groups excluding carboxylic acids is 1. The second kappa shape index (κ2) is 6.95. The SMILES string of the molecule is COc1ccc(CNC(=O)c2ccc(-c3nnc(C)o3)cc2)cc1. The zero-order chi connectivity index (χ0) is 16.9. The van der Waals surface area contributed by atoms with Gasteiger partial charge >= 0.3 is 0 Å². The lowest BCUT2D eigenvalue weighted by atomic mass is 10.1. The van der Waals surface area contributed by atoms with E-state index in [1.165, 1.54) is 0 Å². The highest BCUT2D eigenvalue weighted by Crippen LogP contribution is 2.18. The molecule has 0 bridgehead atoms. The standard InChI is InChI=1S/C18H17N3O3/c1-12-20-21-18(24-12)15-7-5-14(6-8-15)17(22)19-11-13-3-9-16(23-2)10-4-13/h3-10H,11H2,1-2H3,(H,19,22). The number of aromatic nitrogens is 2. The Hall–Kier alpha value is -3.15. The average molecular weight is 323 g/mol. The van der Waals surface area contributed by atoms with Crippen molar-refractivity contribution < 1.29 is 13.9 Å². The summed E-state index contributed by atoms with van der Waals surface area (Å²) in [7, 11) is 1.62. The predicted octanol–water partition coefficient (Wildman–Crippen LogP) is 2.98. The van der Waals surface area contributed by atoms with Gasteiger partial charge in [-0.3, -0.25) is 4.79 Å². The lowest BCUT2D eigenvalue weighted by Crippen LogP contribution is -2.22. The molecule has 0 saturated heterocycles. The molecule has 1 amide bonds. The number of hydrogen-bond donors (Lipinski definition) is 1. The minimum Gasteiger partial charge on any atom is -0.497 e. The van der Waals surface area contributed by atoms with Gasteiger partial charge in [0.05, 0.1) is 7.11 Å². The molecule has 2 aromatic carbocycles. The molecule has 0 spiro atoms. The third kappa shape index (κ3) is 3.60. The Labute approximate surface area is 139 Å². The van der Waals surface area contributed by atoms with Crippen LogP contribution in [0.25, 0.3) is 11.5 Å². The molecule has 1 aromatic heterocycles. The summed E-state index contributed by atoms with van der Waals surface area (Å²) >= 11 is 0. The number of ether oxygens (including phenoxy) is 1. The number of nitrogens with one attached hydrogen (secondary N) is 1. The summed E-state index contributed by atoms with van der Waals surface area (Å²) in [6, 6.07) is 14.6. The molecule has 0 aliphatic heterocycles. The minimum absolute atomic E-state index is 0.140. The molecule has 24 heavy (non-hydrogen) atoms. The van der Waals surface area contributed by atoms with Gasteiger partial charge in [0, 0.05) is 24.6 Å². The molecule has 0 aliphatic carbocycles. The maximum Gasteiger partial charge on any atom is 0.251 e. The van der Waals surface area contributed by atoms with Crippen molar-refractivity contribution in [2.24, 2.45) is 0 Å². The number of carbonyl (C=O) groups is 1. The summed E-state index contributed by atoms with van der Waals surface area (Å²) in [6.45, 7) is 2.19. The van der Waals surface area contributed by atoms with Crippen LogP contribution in [0.1, 0.15) is 21.8 Å². The quantitative estimate of drug-likeness (QED) is 0.781. The third-order valence-corrected chi connectivity index (χ3v) is 3.53. The van der Waals surface area contributed by atoms with Crippen LogP contribution in [0.2, 0.25) is 0 Å². The van der Waals surface area contributed by atoms with Crippen molar-refractivity contribution in [3.05, 3.63) is 65.5 Å². The van der Waals surface area contributed by atoms with Crippen molar-refractivity contribution in [2.75, 3.05) is 7.11 Å². The van der Waals surface area contributed by atoms with E-state index < -0.39 is 0 Å². The van der Waals surface area contributed by atoms with Crippen molar-refractivity contribution in [3.8, 4) is 17.2 Å². The van der Waals surface area contributed by atoms with E-state index in [1.54, 1.807) is 38.3 Å². The van der Waals surface area contributed by atoms with E-state index in [-0.39, 0.29) is 5.91 Å². The molecule has 0 fully saturated rings. The van der Waals surface area contributed by atoms with E-state index in [4.69, 9.17) is 9.15 Å². The number of nitrogens with zero attached hydrogens (tertiary/aromatic N) is 2. The molecule has 3 aromatic rings. The largest absolute Gasteiger partial charge is 0.497 e. The molecule has 0 unspecified atom stereocenters. The highest BCUT2D eigenvalue weighted by atomic mass is 16.5. The molecule has 6 nitrogen and oxygen atoms in total. The van der Waals surface area contributed by atoms with Crippen molar-refractivity contribution in [3.63, 3.8) is 0 Å². The summed E-state index contributed by atoms with van der Waals surface area (Å²) in [5, 5.41) is 10.6. The van der Waals surface area contributed by atoms with Gasteiger partial charge in [-0.15, -0.1) is 10.2 Å². The Morgan fingerprint density at radius 3 is 2.38 bits per heavy atom. The van der Waals surface area contributed by atoms with Crippen molar-refractivity contribution in [1.29, 1.82) is 0 Å². The smallest absolute Gasteiger partial charge is 0.251 e. The first-order chi connectivity index (χ1) is 11.7. The molecule has 1 N–H and O–H groups in total. The summed E-state index contributed by atoms with van der Waals surface area (Å²) in [5.41, 5.74) is 2.35. The monoisotopic (exact) mass is 323 g/mol. The number of amides is 1. The zero-order valence-corrected chi connectivity index (χ0v) is 13.4. The Morgan fingerprint density at radius 1 is 1.08 bits per heavy atom. The van der Waals surface area contributed by atoms with Crippen molar-refractivity contribution in [1.82, 2.24) is 15.5 Å². The Balaban J connectivity index is 1.62. The molecule has 122 valence electrons. The first kappa shape index (κ1) is 15.7. The van der Waals surface area contributed by atoms with Gasteiger partial charge < -0.3 is 14.5 Å². The van der Waals surface area contributed by atoms with Crippen LogP contribution in [0.5, 0.6) is 5.75 Å². The van der Waals surface area contributed by atoms with Gasteiger partial charge in [-0.2, -0.15) is 0 Å². The first-order valence-corrected chi connectivity index (χ1v) is 7.47. The second-order valence-electron chi connectivity index (χ2n) is 5.23.